The molecule has 0 aliphatic rings. The van der Waals surface area contributed by atoms with Crippen LogP contribution in [0.3, 0.4) is 0 Å². The van der Waals surface area contributed by atoms with Gasteiger partial charge in [-0.15, -0.1) is 17.9 Å². The molecule has 0 aliphatic carbocycles. The molecule has 0 saturated carbocycles. The van der Waals surface area contributed by atoms with E-state index in [1.807, 2.05) is 50.3 Å². The molecule has 0 unspecified atom stereocenters. The molecule has 3 rings (SSSR count). The Morgan fingerprint density at radius 3 is 2.73 bits per heavy atom. The first-order valence-electron chi connectivity index (χ1n) is 6.95. The summed E-state index contributed by atoms with van der Waals surface area (Å²) in [7, 11) is 0. The van der Waals surface area contributed by atoms with Crippen molar-refractivity contribution in [1.82, 2.24) is 9.55 Å². The van der Waals surface area contributed by atoms with E-state index in [0.717, 1.165) is 26.3 Å². The molecule has 0 spiro atoms. The molecule has 5 heteroatoms. The maximum absolute atomic E-state index is 13.0. The second-order valence-corrected chi connectivity index (χ2v) is 7.12. The minimum atomic E-state index is 0.00427. The zero-order valence-electron chi connectivity index (χ0n) is 12.5. The van der Waals surface area contributed by atoms with Gasteiger partial charge in [0, 0.05) is 10.6 Å². The number of hydrogen-bond donors (Lipinski definition) is 0. The van der Waals surface area contributed by atoms with E-state index in [9.17, 15) is 4.79 Å². The average Bonchev–Trinajstić information content (AvgIpc) is 2.81. The zero-order valence-corrected chi connectivity index (χ0v) is 14.1. The van der Waals surface area contributed by atoms with Crippen molar-refractivity contribution < 1.29 is 0 Å². The van der Waals surface area contributed by atoms with Gasteiger partial charge in [0.2, 0.25) is 0 Å². The summed E-state index contributed by atoms with van der Waals surface area (Å²) in [5.41, 5.74) is 1.88. The smallest absolute Gasteiger partial charge is 0.267 e. The van der Waals surface area contributed by atoms with Crippen LogP contribution in [0.1, 0.15) is 10.4 Å². The lowest BCUT2D eigenvalue weighted by Crippen LogP contribution is -2.21. The number of nitrogens with zero attached hydrogens (tertiary/aromatic N) is 2. The van der Waals surface area contributed by atoms with E-state index in [2.05, 4.69) is 6.58 Å². The Kier molecular flexibility index (Phi) is 4.18. The minimum absolute atomic E-state index is 0.00427. The number of aryl methyl sites for hydroxylation is 2. The number of rotatable bonds is 4. The van der Waals surface area contributed by atoms with Crippen molar-refractivity contribution in [3.8, 4) is 5.69 Å². The van der Waals surface area contributed by atoms with E-state index >= 15 is 0 Å². The third-order valence-electron chi connectivity index (χ3n) is 3.52. The number of aromatic nitrogens is 2. The lowest BCUT2D eigenvalue weighted by molar-refractivity contribution is 0.823. The second-order valence-electron chi connectivity index (χ2n) is 4.93. The summed E-state index contributed by atoms with van der Waals surface area (Å²) < 4.78 is 1.70. The second kappa shape index (κ2) is 6.10. The number of para-hydroxylation sites is 1. The SMILES string of the molecule is C=CCSc1nc2sc(C)c(C)c2c(=O)n1-c1ccccc1. The third-order valence-corrected chi connectivity index (χ3v) is 5.55. The van der Waals surface area contributed by atoms with Crippen LogP contribution in [0.2, 0.25) is 0 Å². The van der Waals surface area contributed by atoms with Crippen molar-refractivity contribution >= 4 is 33.3 Å². The summed E-state index contributed by atoms with van der Waals surface area (Å²) in [6.07, 6.45) is 1.82. The van der Waals surface area contributed by atoms with Gasteiger partial charge in [-0.2, -0.15) is 0 Å². The molecule has 0 amide bonds. The summed E-state index contributed by atoms with van der Waals surface area (Å²) in [5, 5.41) is 1.44. The maximum atomic E-state index is 13.0. The van der Waals surface area contributed by atoms with Crippen LogP contribution < -0.4 is 5.56 Å². The number of hydrogen-bond acceptors (Lipinski definition) is 4. The monoisotopic (exact) mass is 328 g/mol. The van der Waals surface area contributed by atoms with E-state index in [-0.39, 0.29) is 5.56 Å². The van der Waals surface area contributed by atoms with E-state index in [1.165, 1.54) is 11.8 Å². The first-order chi connectivity index (χ1) is 10.6. The molecule has 3 aromatic rings. The van der Waals surface area contributed by atoms with E-state index < -0.39 is 0 Å². The highest BCUT2D eigenvalue weighted by Gasteiger charge is 2.17. The van der Waals surface area contributed by atoms with E-state index in [0.29, 0.717) is 10.9 Å². The predicted octanol–water partition coefficient (Wildman–Crippen LogP) is 4.34. The fourth-order valence-corrected chi connectivity index (χ4v) is 4.13. The Morgan fingerprint density at radius 1 is 1.32 bits per heavy atom. The molecule has 112 valence electrons. The third kappa shape index (κ3) is 2.51. The fourth-order valence-electron chi connectivity index (χ4n) is 2.31. The van der Waals surface area contributed by atoms with Gasteiger partial charge in [0.25, 0.3) is 5.56 Å². The molecule has 0 N–H and O–H groups in total. The number of thiophene rings is 1. The van der Waals surface area contributed by atoms with Crippen molar-refractivity contribution in [2.75, 3.05) is 5.75 Å². The quantitative estimate of drug-likeness (QED) is 0.406. The zero-order chi connectivity index (χ0) is 15.7. The highest BCUT2D eigenvalue weighted by molar-refractivity contribution is 7.99. The number of benzene rings is 1. The Bertz CT molecular complexity index is 894. The van der Waals surface area contributed by atoms with Gasteiger partial charge in [-0.1, -0.05) is 36.0 Å². The minimum Gasteiger partial charge on any atom is -0.268 e. The van der Waals surface area contributed by atoms with Gasteiger partial charge >= 0.3 is 0 Å². The average molecular weight is 328 g/mol. The maximum Gasteiger partial charge on any atom is 0.267 e. The van der Waals surface area contributed by atoms with Crippen LogP contribution in [-0.4, -0.2) is 15.3 Å². The number of fused-ring (bicyclic) bond motifs is 1. The Morgan fingerprint density at radius 2 is 2.05 bits per heavy atom. The van der Waals surface area contributed by atoms with E-state index in [4.69, 9.17) is 4.98 Å². The molecular formula is C17H16N2OS2. The first-order valence-corrected chi connectivity index (χ1v) is 8.75. The summed E-state index contributed by atoms with van der Waals surface area (Å²) >= 11 is 3.11. The van der Waals surface area contributed by atoms with Crippen LogP contribution >= 0.6 is 23.1 Å². The molecule has 2 heterocycles. The van der Waals surface area contributed by atoms with E-state index in [1.54, 1.807) is 15.9 Å². The van der Waals surface area contributed by atoms with Crippen molar-refractivity contribution in [2.45, 2.75) is 19.0 Å². The standard InChI is InChI=1S/C17H16N2OS2/c1-4-10-21-17-18-15-14(11(2)12(3)22-15)16(20)19(17)13-8-6-5-7-9-13/h4-9H,1,10H2,2-3H3. The normalized spacial score (nSPS) is 11.0. The van der Waals surface area contributed by atoms with Gasteiger partial charge < -0.3 is 0 Å². The van der Waals surface area contributed by atoms with Crippen LogP contribution in [0.4, 0.5) is 0 Å². The summed E-state index contributed by atoms with van der Waals surface area (Å²) in [4.78, 5) is 19.7. The molecule has 0 atom stereocenters. The molecule has 3 nitrogen and oxygen atoms in total. The van der Waals surface area contributed by atoms with Gasteiger partial charge in [-0.25, -0.2) is 4.98 Å². The molecule has 22 heavy (non-hydrogen) atoms. The van der Waals surface area contributed by atoms with Crippen LogP contribution in [0.15, 0.2) is 52.9 Å². The summed E-state index contributed by atoms with van der Waals surface area (Å²) in [5.74, 6) is 0.716. The Hall–Kier alpha value is -1.85. The fraction of sp³-hybridized carbons (Fsp3) is 0.176. The molecule has 2 aromatic heterocycles. The topological polar surface area (TPSA) is 34.9 Å². The van der Waals surface area contributed by atoms with Crippen molar-refractivity contribution in [2.24, 2.45) is 0 Å². The van der Waals surface area contributed by atoms with Gasteiger partial charge in [0.05, 0.1) is 11.1 Å². The van der Waals surface area contributed by atoms with Crippen molar-refractivity contribution in [3.05, 3.63) is 63.8 Å². The van der Waals surface area contributed by atoms with Gasteiger partial charge in [-0.05, 0) is 31.5 Å². The van der Waals surface area contributed by atoms with Gasteiger partial charge in [0.15, 0.2) is 5.16 Å². The molecule has 0 bridgehead atoms. The van der Waals surface area contributed by atoms with Crippen molar-refractivity contribution in [3.63, 3.8) is 0 Å². The van der Waals surface area contributed by atoms with Gasteiger partial charge in [0.1, 0.15) is 4.83 Å². The van der Waals surface area contributed by atoms with Crippen LogP contribution in [-0.2, 0) is 0 Å². The lowest BCUT2D eigenvalue weighted by atomic mass is 10.2. The molecular weight excluding hydrogens is 312 g/mol. The van der Waals surface area contributed by atoms with Crippen LogP contribution in [0, 0.1) is 13.8 Å². The van der Waals surface area contributed by atoms with Crippen molar-refractivity contribution in [1.29, 1.82) is 0 Å². The Balaban J connectivity index is 2.35. The molecule has 0 aliphatic heterocycles. The van der Waals surface area contributed by atoms with Crippen LogP contribution in [0.25, 0.3) is 15.9 Å². The summed E-state index contributed by atoms with van der Waals surface area (Å²) in [6, 6.07) is 9.67. The number of thioether (sulfide) groups is 1. The van der Waals surface area contributed by atoms with Crippen LogP contribution in [0.5, 0.6) is 0 Å². The Labute approximate surface area is 137 Å². The predicted molar refractivity (Wildman–Crippen MR) is 95.6 cm³/mol. The first kappa shape index (κ1) is 15.1. The highest BCUT2D eigenvalue weighted by atomic mass is 32.2. The van der Waals surface area contributed by atoms with Gasteiger partial charge in [-0.3, -0.25) is 9.36 Å². The molecule has 0 fully saturated rings. The highest BCUT2D eigenvalue weighted by Crippen LogP contribution is 2.29. The molecule has 1 aromatic carbocycles. The molecule has 0 radical (unpaired) electrons. The lowest BCUT2D eigenvalue weighted by Gasteiger charge is -2.11. The summed E-state index contributed by atoms with van der Waals surface area (Å²) in [6.45, 7) is 7.77. The largest absolute Gasteiger partial charge is 0.268 e. The molecule has 0 saturated heterocycles.